The zero-order valence-electron chi connectivity index (χ0n) is 15.7. The number of hydrogen-bond acceptors (Lipinski definition) is 6. The van der Waals surface area contributed by atoms with Gasteiger partial charge in [-0.2, -0.15) is 0 Å². The van der Waals surface area contributed by atoms with Crippen LogP contribution in [0.3, 0.4) is 0 Å². The number of nitrogens with one attached hydrogen (secondary N) is 1. The Kier molecular flexibility index (Phi) is 5.29. The number of amides is 1. The molecule has 3 aromatic rings. The summed E-state index contributed by atoms with van der Waals surface area (Å²) in [6.45, 7) is 0.0482. The lowest BCUT2D eigenvalue weighted by Gasteiger charge is -2.23. The van der Waals surface area contributed by atoms with Crippen molar-refractivity contribution in [3.05, 3.63) is 49.6 Å². The molecule has 1 amide bonds. The van der Waals surface area contributed by atoms with E-state index in [1.165, 1.54) is 17.9 Å². The van der Waals surface area contributed by atoms with Crippen molar-refractivity contribution in [3.63, 3.8) is 0 Å². The van der Waals surface area contributed by atoms with E-state index >= 15 is 0 Å². The maximum atomic E-state index is 12.7. The van der Waals surface area contributed by atoms with Crippen LogP contribution in [0.25, 0.3) is 11.2 Å². The van der Waals surface area contributed by atoms with E-state index in [-0.39, 0.29) is 24.0 Å². The van der Waals surface area contributed by atoms with Crippen molar-refractivity contribution in [1.82, 2.24) is 28.9 Å². The molecule has 27 heavy (non-hydrogen) atoms. The van der Waals surface area contributed by atoms with Crippen LogP contribution in [0.15, 0.2) is 33.4 Å². The minimum atomic E-state index is -0.566. The third-order valence-corrected chi connectivity index (χ3v) is 5.46. The van der Waals surface area contributed by atoms with E-state index < -0.39 is 11.2 Å². The quantitative estimate of drug-likeness (QED) is 0.635. The Balaban J connectivity index is 1.81. The fourth-order valence-electron chi connectivity index (χ4n) is 2.96. The number of hydrogen-bond donors (Lipinski definition) is 1. The highest BCUT2D eigenvalue weighted by Gasteiger charge is 2.19. The second kappa shape index (κ2) is 7.49. The number of imidazole rings is 1. The zero-order valence-corrected chi connectivity index (χ0v) is 16.5. The minimum absolute atomic E-state index is 0.0214. The molecule has 0 aromatic carbocycles. The Morgan fingerprint density at radius 3 is 2.70 bits per heavy atom. The minimum Gasteiger partial charge on any atom is -0.353 e. The second-order valence-corrected chi connectivity index (χ2v) is 7.54. The molecule has 0 spiro atoms. The van der Waals surface area contributed by atoms with Crippen LogP contribution in [0.2, 0.25) is 0 Å². The largest absolute Gasteiger partial charge is 0.353 e. The number of thiophene rings is 1. The summed E-state index contributed by atoms with van der Waals surface area (Å²) in [7, 11) is 7.08. The van der Waals surface area contributed by atoms with E-state index in [2.05, 4.69) is 10.3 Å². The molecular weight excluding hydrogens is 368 g/mol. The molecule has 0 radical (unpaired) electrons. The maximum absolute atomic E-state index is 12.7. The summed E-state index contributed by atoms with van der Waals surface area (Å²) in [5, 5.41) is 4.81. The number of aromatic nitrogens is 4. The summed E-state index contributed by atoms with van der Waals surface area (Å²) in [5.41, 5.74) is -0.501. The SMILES string of the molecule is CN(C)C(CNC(=O)Cn1c(=O)c2c(ncn2C)n(C)c1=O)c1cccs1. The van der Waals surface area contributed by atoms with Gasteiger partial charge in [0.05, 0.1) is 12.4 Å². The molecule has 0 fully saturated rings. The molecule has 0 aliphatic heterocycles. The summed E-state index contributed by atoms with van der Waals surface area (Å²) in [5.74, 6) is -0.390. The molecule has 0 aliphatic rings. The molecule has 0 aliphatic carbocycles. The second-order valence-electron chi connectivity index (χ2n) is 6.56. The highest BCUT2D eigenvalue weighted by atomic mass is 32.1. The number of carbonyl (C=O) groups is 1. The number of fused-ring (bicyclic) bond motifs is 1. The van der Waals surface area contributed by atoms with Crippen LogP contribution >= 0.6 is 11.3 Å². The van der Waals surface area contributed by atoms with Gasteiger partial charge in [0.2, 0.25) is 5.91 Å². The zero-order chi connectivity index (χ0) is 19.7. The topological polar surface area (TPSA) is 94.2 Å². The first-order valence-corrected chi connectivity index (χ1v) is 9.26. The Hall–Kier alpha value is -2.72. The summed E-state index contributed by atoms with van der Waals surface area (Å²) in [6.07, 6.45) is 1.47. The van der Waals surface area contributed by atoms with Gasteiger partial charge in [-0.15, -0.1) is 11.3 Å². The van der Waals surface area contributed by atoms with E-state index in [4.69, 9.17) is 0 Å². The number of aryl methyl sites for hydroxylation is 2. The molecule has 3 heterocycles. The molecule has 0 bridgehead atoms. The molecule has 1 N–H and O–H groups in total. The van der Waals surface area contributed by atoms with Gasteiger partial charge in [0.25, 0.3) is 5.56 Å². The fourth-order valence-corrected chi connectivity index (χ4v) is 3.89. The Bertz CT molecular complexity index is 1080. The van der Waals surface area contributed by atoms with E-state index in [1.807, 2.05) is 36.5 Å². The van der Waals surface area contributed by atoms with Crippen molar-refractivity contribution >= 4 is 28.4 Å². The molecule has 3 rings (SSSR count). The lowest BCUT2D eigenvalue weighted by molar-refractivity contribution is -0.122. The molecule has 144 valence electrons. The summed E-state index contributed by atoms with van der Waals surface area (Å²) < 4.78 is 3.76. The van der Waals surface area contributed by atoms with Crippen LogP contribution in [-0.4, -0.2) is 50.1 Å². The van der Waals surface area contributed by atoms with Gasteiger partial charge in [-0.3, -0.25) is 14.2 Å². The maximum Gasteiger partial charge on any atom is 0.332 e. The van der Waals surface area contributed by atoms with Crippen molar-refractivity contribution in [3.8, 4) is 0 Å². The Labute approximate surface area is 159 Å². The lowest BCUT2D eigenvalue weighted by atomic mass is 10.2. The third kappa shape index (κ3) is 3.58. The van der Waals surface area contributed by atoms with Crippen molar-refractivity contribution in [2.24, 2.45) is 14.1 Å². The third-order valence-electron chi connectivity index (χ3n) is 4.49. The van der Waals surface area contributed by atoms with Crippen molar-refractivity contribution in [1.29, 1.82) is 0 Å². The molecule has 1 unspecified atom stereocenters. The predicted octanol–water partition coefficient (Wildman–Crippen LogP) is -0.0857. The van der Waals surface area contributed by atoms with Gasteiger partial charge in [0.1, 0.15) is 6.54 Å². The standard InChI is InChI=1S/C17H22N6O3S/c1-20(2)11(12-6-5-7-27-12)8-18-13(24)9-23-16(25)14-15(19-10-21(14)3)22(4)17(23)26/h5-7,10-11H,8-9H2,1-4H3,(H,18,24). The van der Waals surface area contributed by atoms with Crippen LogP contribution in [-0.2, 0) is 25.4 Å². The first-order chi connectivity index (χ1) is 12.8. The van der Waals surface area contributed by atoms with E-state index in [0.717, 1.165) is 9.44 Å². The van der Waals surface area contributed by atoms with Gasteiger partial charge in [0.15, 0.2) is 11.2 Å². The average molecular weight is 390 g/mol. The smallest absolute Gasteiger partial charge is 0.332 e. The Morgan fingerprint density at radius 2 is 2.07 bits per heavy atom. The first-order valence-electron chi connectivity index (χ1n) is 8.38. The monoisotopic (exact) mass is 390 g/mol. The van der Waals surface area contributed by atoms with Crippen molar-refractivity contribution in [2.45, 2.75) is 12.6 Å². The van der Waals surface area contributed by atoms with Gasteiger partial charge >= 0.3 is 5.69 Å². The van der Waals surface area contributed by atoms with Gasteiger partial charge in [-0.1, -0.05) is 6.07 Å². The number of rotatable bonds is 6. The molecule has 9 nitrogen and oxygen atoms in total. The number of carbonyl (C=O) groups excluding carboxylic acids is 1. The molecule has 0 saturated carbocycles. The molecule has 10 heteroatoms. The lowest BCUT2D eigenvalue weighted by Crippen LogP contribution is -2.44. The van der Waals surface area contributed by atoms with E-state index in [1.54, 1.807) is 23.0 Å². The normalized spacial score (nSPS) is 12.6. The van der Waals surface area contributed by atoms with Gasteiger partial charge in [0, 0.05) is 25.5 Å². The predicted molar refractivity (Wildman–Crippen MR) is 104 cm³/mol. The van der Waals surface area contributed by atoms with Crippen molar-refractivity contribution < 1.29 is 4.79 Å². The number of likely N-dealkylation sites (N-methyl/N-ethyl adjacent to an activating group) is 1. The van der Waals surface area contributed by atoms with Crippen LogP contribution in [0.5, 0.6) is 0 Å². The van der Waals surface area contributed by atoms with E-state index in [0.29, 0.717) is 12.2 Å². The fraction of sp³-hybridized carbons (Fsp3) is 0.412. The first kappa shape index (κ1) is 19.1. The van der Waals surface area contributed by atoms with Crippen LogP contribution in [0.1, 0.15) is 10.9 Å². The van der Waals surface area contributed by atoms with Crippen LogP contribution < -0.4 is 16.6 Å². The van der Waals surface area contributed by atoms with Gasteiger partial charge < -0.3 is 14.8 Å². The molecule has 1 atom stereocenters. The van der Waals surface area contributed by atoms with Gasteiger partial charge in [-0.05, 0) is 25.5 Å². The van der Waals surface area contributed by atoms with E-state index in [9.17, 15) is 14.4 Å². The summed E-state index contributed by atoms with van der Waals surface area (Å²) in [6, 6.07) is 4.00. The summed E-state index contributed by atoms with van der Waals surface area (Å²) >= 11 is 1.61. The average Bonchev–Trinajstić information content (AvgIpc) is 3.27. The van der Waals surface area contributed by atoms with Crippen LogP contribution in [0.4, 0.5) is 0 Å². The molecular formula is C17H22N6O3S. The van der Waals surface area contributed by atoms with Gasteiger partial charge in [-0.25, -0.2) is 14.3 Å². The molecule has 3 aromatic heterocycles. The van der Waals surface area contributed by atoms with Crippen molar-refractivity contribution in [2.75, 3.05) is 20.6 Å². The summed E-state index contributed by atoms with van der Waals surface area (Å²) in [4.78, 5) is 44.8. The molecule has 0 saturated heterocycles. The Morgan fingerprint density at radius 1 is 1.33 bits per heavy atom. The highest BCUT2D eigenvalue weighted by molar-refractivity contribution is 7.10. The number of nitrogens with zero attached hydrogens (tertiary/aromatic N) is 5. The van der Waals surface area contributed by atoms with Crippen LogP contribution in [0, 0.1) is 0 Å². The highest BCUT2D eigenvalue weighted by Crippen LogP contribution is 2.22.